The summed E-state index contributed by atoms with van der Waals surface area (Å²) in [5, 5.41) is 6.33. The van der Waals surface area contributed by atoms with Gasteiger partial charge in [0.1, 0.15) is 0 Å². The molecule has 0 aliphatic heterocycles. The van der Waals surface area contributed by atoms with Gasteiger partial charge in [-0.2, -0.15) is 0 Å². The van der Waals surface area contributed by atoms with Crippen LogP contribution in [0.15, 0.2) is 40.9 Å². The Morgan fingerprint density at radius 1 is 1.04 bits per heavy atom. The number of nitrogens with one attached hydrogen (secondary N) is 2. The van der Waals surface area contributed by atoms with Crippen LogP contribution in [0.4, 0.5) is 11.4 Å². The summed E-state index contributed by atoms with van der Waals surface area (Å²) >= 11 is 15.3. The molecule has 0 fully saturated rings. The van der Waals surface area contributed by atoms with Gasteiger partial charge in [0.15, 0.2) is 12.4 Å². The SMILES string of the molecule is CCCCCC(=O)Nc1cccc(NC(=O)COc2c(Cl)cc(Cl)cc2Br)c1. The first-order valence-corrected chi connectivity index (χ1v) is 10.4. The lowest BCUT2D eigenvalue weighted by molar-refractivity contribution is -0.118. The zero-order chi connectivity index (χ0) is 20.5. The molecule has 0 aliphatic rings. The minimum atomic E-state index is -0.357. The molecule has 0 atom stereocenters. The third kappa shape index (κ3) is 7.34. The molecule has 28 heavy (non-hydrogen) atoms. The molecule has 0 bridgehead atoms. The van der Waals surface area contributed by atoms with E-state index in [1.54, 1.807) is 30.3 Å². The van der Waals surface area contributed by atoms with Gasteiger partial charge in [-0.25, -0.2) is 0 Å². The fourth-order valence-electron chi connectivity index (χ4n) is 2.44. The molecule has 2 aromatic carbocycles. The highest BCUT2D eigenvalue weighted by Gasteiger charge is 2.12. The molecule has 2 aromatic rings. The van der Waals surface area contributed by atoms with Gasteiger partial charge in [-0.15, -0.1) is 0 Å². The third-order valence-corrected chi connectivity index (χ3v) is 4.84. The van der Waals surface area contributed by atoms with Gasteiger partial charge in [0, 0.05) is 22.8 Å². The first-order chi connectivity index (χ1) is 13.4. The van der Waals surface area contributed by atoms with E-state index >= 15 is 0 Å². The summed E-state index contributed by atoms with van der Waals surface area (Å²) < 4.78 is 6.05. The molecule has 2 amide bonds. The fraction of sp³-hybridized carbons (Fsp3) is 0.300. The van der Waals surface area contributed by atoms with E-state index in [1.165, 1.54) is 6.07 Å². The largest absolute Gasteiger partial charge is 0.481 e. The molecule has 0 saturated carbocycles. The lowest BCUT2D eigenvalue weighted by atomic mass is 10.2. The first-order valence-electron chi connectivity index (χ1n) is 8.86. The van der Waals surface area contributed by atoms with Crippen molar-refractivity contribution in [3.8, 4) is 5.75 Å². The van der Waals surface area contributed by atoms with Crippen LogP contribution in [0.25, 0.3) is 0 Å². The van der Waals surface area contributed by atoms with E-state index in [4.69, 9.17) is 27.9 Å². The Bertz CT molecular complexity index is 823. The maximum atomic E-state index is 12.2. The summed E-state index contributed by atoms with van der Waals surface area (Å²) in [6, 6.07) is 10.1. The maximum Gasteiger partial charge on any atom is 0.262 e. The van der Waals surface area contributed by atoms with Gasteiger partial charge >= 0.3 is 0 Å². The second-order valence-corrected chi connectivity index (χ2v) is 7.82. The average Bonchev–Trinajstić information content (AvgIpc) is 2.61. The Labute approximate surface area is 182 Å². The molecule has 150 valence electrons. The zero-order valence-electron chi connectivity index (χ0n) is 15.4. The highest BCUT2D eigenvalue weighted by Crippen LogP contribution is 2.36. The van der Waals surface area contributed by atoms with E-state index in [0.717, 1.165) is 19.3 Å². The number of unbranched alkanes of at least 4 members (excludes halogenated alkanes) is 2. The van der Waals surface area contributed by atoms with E-state index < -0.39 is 0 Å². The molecule has 0 saturated heterocycles. The van der Waals surface area contributed by atoms with Crippen molar-refractivity contribution in [2.75, 3.05) is 17.2 Å². The van der Waals surface area contributed by atoms with Crippen LogP contribution < -0.4 is 15.4 Å². The number of amides is 2. The maximum absolute atomic E-state index is 12.2. The second-order valence-electron chi connectivity index (χ2n) is 6.12. The topological polar surface area (TPSA) is 67.4 Å². The van der Waals surface area contributed by atoms with Crippen molar-refractivity contribution in [1.82, 2.24) is 0 Å². The van der Waals surface area contributed by atoms with Crippen LogP contribution in [0.3, 0.4) is 0 Å². The van der Waals surface area contributed by atoms with Crippen molar-refractivity contribution in [2.24, 2.45) is 0 Å². The van der Waals surface area contributed by atoms with Crippen LogP contribution >= 0.6 is 39.1 Å². The van der Waals surface area contributed by atoms with Crippen molar-refractivity contribution in [1.29, 1.82) is 0 Å². The van der Waals surface area contributed by atoms with Crippen LogP contribution in [0.1, 0.15) is 32.6 Å². The standard InChI is InChI=1S/C20H21BrCl2N2O3/c1-2-3-4-8-18(26)24-14-6-5-7-15(11-14)25-19(27)12-28-20-16(21)9-13(22)10-17(20)23/h5-7,9-11H,2-4,8,12H2,1H3,(H,24,26)(H,25,27). The molecular weight excluding hydrogens is 467 g/mol. The number of benzene rings is 2. The number of hydrogen-bond acceptors (Lipinski definition) is 3. The Balaban J connectivity index is 1.89. The van der Waals surface area contributed by atoms with E-state index in [0.29, 0.717) is 38.1 Å². The Hall–Kier alpha value is -1.76. The van der Waals surface area contributed by atoms with Crippen molar-refractivity contribution in [3.63, 3.8) is 0 Å². The lowest BCUT2D eigenvalue weighted by Gasteiger charge is -2.12. The van der Waals surface area contributed by atoms with Crippen LogP contribution in [0, 0.1) is 0 Å². The van der Waals surface area contributed by atoms with E-state index in [9.17, 15) is 9.59 Å². The molecular formula is C20H21BrCl2N2O3. The highest BCUT2D eigenvalue weighted by molar-refractivity contribution is 9.10. The molecule has 2 N–H and O–H groups in total. The van der Waals surface area contributed by atoms with Crippen molar-refractivity contribution in [2.45, 2.75) is 32.6 Å². The van der Waals surface area contributed by atoms with Crippen molar-refractivity contribution < 1.29 is 14.3 Å². The fourth-order valence-corrected chi connectivity index (χ4v) is 3.80. The summed E-state index contributed by atoms with van der Waals surface area (Å²) in [5.41, 5.74) is 1.19. The predicted octanol–water partition coefficient (Wildman–Crippen LogP) is 6.29. The summed E-state index contributed by atoms with van der Waals surface area (Å²) in [6.45, 7) is 1.86. The molecule has 0 spiro atoms. The molecule has 0 aliphatic carbocycles. The van der Waals surface area contributed by atoms with Crippen LogP contribution in [0.2, 0.25) is 10.0 Å². The number of carbonyl (C=O) groups is 2. The van der Waals surface area contributed by atoms with Crippen LogP contribution in [-0.4, -0.2) is 18.4 Å². The van der Waals surface area contributed by atoms with Gasteiger partial charge in [0.2, 0.25) is 5.91 Å². The minimum absolute atomic E-state index is 0.0394. The Kier molecular flexibility index (Phi) is 9.09. The first kappa shape index (κ1) is 22.5. The van der Waals surface area contributed by atoms with Crippen molar-refractivity contribution in [3.05, 3.63) is 50.9 Å². The van der Waals surface area contributed by atoms with Gasteiger partial charge in [-0.3, -0.25) is 9.59 Å². The van der Waals surface area contributed by atoms with E-state index in [2.05, 4.69) is 33.5 Å². The van der Waals surface area contributed by atoms with Gasteiger partial charge < -0.3 is 15.4 Å². The lowest BCUT2D eigenvalue weighted by Crippen LogP contribution is -2.20. The third-order valence-electron chi connectivity index (χ3n) is 3.75. The molecule has 0 aromatic heterocycles. The van der Waals surface area contributed by atoms with Gasteiger partial charge in [-0.05, 0) is 52.7 Å². The number of rotatable bonds is 9. The Morgan fingerprint density at radius 3 is 2.36 bits per heavy atom. The van der Waals surface area contributed by atoms with Gasteiger partial charge in [-0.1, -0.05) is 49.0 Å². The smallest absolute Gasteiger partial charge is 0.262 e. The minimum Gasteiger partial charge on any atom is -0.481 e. The normalized spacial score (nSPS) is 10.4. The number of hydrogen-bond donors (Lipinski definition) is 2. The summed E-state index contributed by atoms with van der Waals surface area (Å²) in [7, 11) is 0. The number of ether oxygens (including phenoxy) is 1. The van der Waals surface area contributed by atoms with Gasteiger partial charge in [0.25, 0.3) is 5.91 Å². The van der Waals surface area contributed by atoms with E-state index in [1.807, 2.05) is 0 Å². The predicted molar refractivity (Wildman–Crippen MR) is 118 cm³/mol. The number of halogens is 3. The van der Waals surface area contributed by atoms with Crippen molar-refractivity contribution >= 4 is 62.3 Å². The number of anilines is 2. The molecule has 8 heteroatoms. The summed E-state index contributed by atoms with van der Waals surface area (Å²) in [6.07, 6.45) is 3.43. The quantitative estimate of drug-likeness (QED) is 0.408. The molecule has 5 nitrogen and oxygen atoms in total. The Morgan fingerprint density at radius 2 is 1.71 bits per heavy atom. The highest BCUT2D eigenvalue weighted by atomic mass is 79.9. The van der Waals surface area contributed by atoms with E-state index in [-0.39, 0.29) is 18.4 Å². The molecule has 2 rings (SSSR count). The molecule has 0 unspecified atom stereocenters. The van der Waals surface area contributed by atoms with Gasteiger partial charge in [0.05, 0.1) is 9.50 Å². The monoisotopic (exact) mass is 486 g/mol. The zero-order valence-corrected chi connectivity index (χ0v) is 18.5. The van der Waals surface area contributed by atoms with Crippen LogP contribution in [0.5, 0.6) is 5.75 Å². The summed E-state index contributed by atoms with van der Waals surface area (Å²) in [5.74, 6) is -0.0545. The van der Waals surface area contributed by atoms with Crippen LogP contribution in [-0.2, 0) is 9.59 Å². The average molecular weight is 488 g/mol. The molecule has 0 radical (unpaired) electrons. The number of carbonyl (C=O) groups excluding carboxylic acids is 2. The second kappa shape index (κ2) is 11.3. The summed E-state index contributed by atoms with van der Waals surface area (Å²) in [4.78, 5) is 24.1. The molecule has 0 heterocycles.